The van der Waals surface area contributed by atoms with Crippen LogP contribution < -0.4 is 0 Å². The normalized spacial score (nSPS) is 12.7. The van der Waals surface area contributed by atoms with E-state index in [1.807, 2.05) is 23.2 Å². The zero-order chi connectivity index (χ0) is 10.6. The van der Waals surface area contributed by atoms with Gasteiger partial charge in [-0.1, -0.05) is 13.8 Å². The van der Waals surface area contributed by atoms with Crippen LogP contribution in [0.15, 0.2) is 11.4 Å². The molecule has 1 aromatic heterocycles. The molecule has 0 saturated heterocycles. The van der Waals surface area contributed by atoms with Crippen molar-refractivity contribution in [3.63, 3.8) is 0 Å². The van der Waals surface area contributed by atoms with E-state index in [2.05, 4.69) is 13.8 Å². The highest BCUT2D eigenvalue weighted by atomic mass is 32.2. The summed E-state index contributed by atoms with van der Waals surface area (Å²) in [4.78, 5) is 11.3. The molecule has 0 spiro atoms. The number of thiophene rings is 1. The molecule has 0 fully saturated rings. The van der Waals surface area contributed by atoms with Crippen LogP contribution in [0, 0.1) is 0 Å². The van der Waals surface area contributed by atoms with E-state index in [0.29, 0.717) is 10.1 Å². The lowest BCUT2D eigenvalue weighted by Gasteiger charge is -2.07. The fourth-order valence-electron chi connectivity index (χ4n) is 0.987. The maximum absolute atomic E-state index is 10.8. The van der Waals surface area contributed by atoms with Crippen LogP contribution in [0.2, 0.25) is 0 Å². The maximum atomic E-state index is 10.8. The van der Waals surface area contributed by atoms with E-state index in [-0.39, 0.29) is 0 Å². The van der Waals surface area contributed by atoms with E-state index in [0.717, 1.165) is 17.7 Å². The van der Waals surface area contributed by atoms with Crippen molar-refractivity contribution >= 4 is 29.1 Å². The van der Waals surface area contributed by atoms with Gasteiger partial charge in [0.05, 0.1) is 0 Å². The SMILES string of the molecule is CCC(C)SCc1ccsc1C(=O)O. The van der Waals surface area contributed by atoms with Crippen molar-refractivity contribution in [3.05, 3.63) is 21.9 Å². The predicted octanol–water partition coefficient (Wildman–Crippen LogP) is 3.48. The molecule has 0 aliphatic carbocycles. The number of carboxylic acids is 1. The third kappa shape index (κ3) is 3.03. The Morgan fingerprint density at radius 1 is 1.71 bits per heavy atom. The second kappa shape index (κ2) is 5.41. The topological polar surface area (TPSA) is 37.3 Å². The molecule has 1 aromatic rings. The highest BCUT2D eigenvalue weighted by Crippen LogP contribution is 2.25. The Labute approximate surface area is 92.3 Å². The van der Waals surface area contributed by atoms with Gasteiger partial charge in [-0.2, -0.15) is 11.8 Å². The second-order valence-corrected chi connectivity index (χ2v) is 5.45. The summed E-state index contributed by atoms with van der Waals surface area (Å²) in [5.41, 5.74) is 0.952. The molecule has 1 atom stereocenters. The van der Waals surface area contributed by atoms with Gasteiger partial charge in [-0.25, -0.2) is 4.79 Å². The van der Waals surface area contributed by atoms with Gasteiger partial charge in [0.1, 0.15) is 4.88 Å². The van der Waals surface area contributed by atoms with Crippen LogP contribution >= 0.6 is 23.1 Å². The van der Waals surface area contributed by atoms with E-state index in [4.69, 9.17) is 5.11 Å². The summed E-state index contributed by atoms with van der Waals surface area (Å²) in [5.74, 6) is -0.0000912. The molecule has 0 aliphatic rings. The Kier molecular flexibility index (Phi) is 4.48. The number of hydrogen-bond acceptors (Lipinski definition) is 3. The average Bonchev–Trinajstić information content (AvgIpc) is 2.62. The molecule has 0 amide bonds. The van der Waals surface area contributed by atoms with Crippen LogP contribution in [0.3, 0.4) is 0 Å². The predicted molar refractivity (Wildman–Crippen MR) is 62.3 cm³/mol. The van der Waals surface area contributed by atoms with Crippen molar-refractivity contribution < 1.29 is 9.90 Å². The lowest BCUT2D eigenvalue weighted by Crippen LogP contribution is -1.98. The Hall–Kier alpha value is -0.480. The molecule has 0 saturated carbocycles. The van der Waals surface area contributed by atoms with Crippen LogP contribution in [-0.4, -0.2) is 16.3 Å². The highest BCUT2D eigenvalue weighted by molar-refractivity contribution is 7.99. The molecule has 0 bridgehead atoms. The Morgan fingerprint density at radius 3 is 3.00 bits per heavy atom. The minimum Gasteiger partial charge on any atom is -0.477 e. The van der Waals surface area contributed by atoms with Crippen molar-refractivity contribution in [1.29, 1.82) is 0 Å². The van der Waals surface area contributed by atoms with Gasteiger partial charge in [-0.15, -0.1) is 11.3 Å². The number of aromatic carboxylic acids is 1. The smallest absolute Gasteiger partial charge is 0.346 e. The van der Waals surface area contributed by atoms with Crippen LogP contribution in [0.1, 0.15) is 35.5 Å². The van der Waals surface area contributed by atoms with Gasteiger partial charge >= 0.3 is 5.97 Å². The van der Waals surface area contributed by atoms with E-state index in [9.17, 15) is 4.79 Å². The van der Waals surface area contributed by atoms with Crippen LogP contribution in [0.5, 0.6) is 0 Å². The largest absolute Gasteiger partial charge is 0.477 e. The summed E-state index contributed by atoms with van der Waals surface area (Å²) in [6.45, 7) is 4.31. The summed E-state index contributed by atoms with van der Waals surface area (Å²) in [7, 11) is 0. The molecule has 0 aromatic carbocycles. The van der Waals surface area contributed by atoms with Gasteiger partial charge in [-0.3, -0.25) is 0 Å². The lowest BCUT2D eigenvalue weighted by atomic mass is 10.3. The fourth-order valence-corrected chi connectivity index (χ4v) is 2.78. The van der Waals surface area contributed by atoms with Crippen LogP contribution in [0.25, 0.3) is 0 Å². The molecule has 2 nitrogen and oxygen atoms in total. The number of carboxylic acid groups (broad SMARTS) is 1. The second-order valence-electron chi connectivity index (χ2n) is 3.11. The number of rotatable bonds is 5. The Balaban J connectivity index is 2.58. The zero-order valence-electron chi connectivity index (χ0n) is 8.32. The van der Waals surface area contributed by atoms with E-state index >= 15 is 0 Å². The first-order valence-electron chi connectivity index (χ1n) is 4.56. The molecular weight excluding hydrogens is 216 g/mol. The van der Waals surface area contributed by atoms with Crippen molar-refractivity contribution in [2.45, 2.75) is 31.3 Å². The van der Waals surface area contributed by atoms with Crippen molar-refractivity contribution in [3.8, 4) is 0 Å². The number of thioether (sulfide) groups is 1. The molecule has 78 valence electrons. The van der Waals surface area contributed by atoms with Crippen molar-refractivity contribution in [2.24, 2.45) is 0 Å². The maximum Gasteiger partial charge on any atom is 0.346 e. The first-order valence-corrected chi connectivity index (χ1v) is 6.49. The first-order chi connectivity index (χ1) is 6.65. The monoisotopic (exact) mass is 230 g/mol. The van der Waals surface area contributed by atoms with Gasteiger partial charge in [0.25, 0.3) is 0 Å². The van der Waals surface area contributed by atoms with Crippen LogP contribution in [0.4, 0.5) is 0 Å². The molecular formula is C10H14O2S2. The number of carbonyl (C=O) groups is 1. The summed E-state index contributed by atoms with van der Waals surface area (Å²) in [5, 5.41) is 11.3. The molecule has 0 aliphatic heterocycles. The van der Waals surface area contributed by atoms with Gasteiger partial charge in [0, 0.05) is 11.0 Å². The summed E-state index contributed by atoms with van der Waals surface area (Å²) in [6.07, 6.45) is 1.12. The third-order valence-corrected chi connectivity index (χ3v) is 4.36. The zero-order valence-corrected chi connectivity index (χ0v) is 9.95. The van der Waals surface area contributed by atoms with Gasteiger partial charge in [0.2, 0.25) is 0 Å². The molecule has 0 radical (unpaired) electrons. The molecule has 1 N–H and O–H groups in total. The Bertz CT molecular complexity index is 307. The Morgan fingerprint density at radius 2 is 2.43 bits per heavy atom. The van der Waals surface area contributed by atoms with Crippen LogP contribution in [-0.2, 0) is 5.75 Å². The molecule has 1 rings (SSSR count). The van der Waals surface area contributed by atoms with Crippen molar-refractivity contribution in [1.82, 2.24) is 0 Å². The van der Waals surface area contributed by atoms with Gasteiger partial charge < -0.3 is 5.11 Å². The molecule has 14 heavy (non-hydrogen) atoms. The van der Waals surface area contributed by atoms with E-state index in [1.54, 1.807) is 0 Å². The fraction of sp³-hybridized carbons (Fsp3) is 0.500. The third-order valence-electron chi connectivity index (χ3n) is 2.04. The standard InChI is InChI=1S/C10H14O2S2/c1-3-7(2)14-6-8-4-5-13-9(8)10(11)12/h4-5,7H,3,6H2,1-2H3,(H,11,12). The molecule has 1 heterocycles. The minimum atomic E-state index is -0.806. The van der Waals surface area contributed by atoms with E-state index < -0.39 is 5.97 Å². The highest BCUT2D eigenvalue weighted by Gasteiger charge is 2.12. The van der Waals surface area contributed by atoms with Gasteiger partial charge in [0.15, 0.2) is 0 Å². The summed E-state index contributed by atoms with van der Waals surface area (Å²) in [6, 6.07) is 1.91. The first kappa shape index (κ1) is 11.6. The average molecular weight is 230 g/mol. The quantitative estimate of drug-likeness (QED) is 0.841. The van der Waals surface area contributed by atoms with E-state index in [1.165, 1.54) is 11.3 Å². The van der Waals surface area contributed by atoms with Gasteiger partial charge in [-0.05, 0) is 23.4 Å². The molecule has 4 heteroatoms. The molecule has 1 unspecified atom stereocenters. The number of hydrogen-bond donors (Lipinski definition) is 1. The summed E-state index contributed by atoms with van der Waals surface area (Å²) >= 11 is 3.11. The van der Waals surface area contributed by atoms with Crippen molar-refractivity contribution in [2.75, 3.05) is 0 Å². The lowest BCUT2D eigenvalue weighted by molar-refractivity contribution is 0.0701. The summed E-state index contributed by atoms with van der Waals surface area (Å²) < 4.78 is 0. The minimum absolute atomic E-state index is 0.487.